The molecule has 84 valence electrons. The van der Waals surface area contributed by atoms with E-state index >= 15 is 0 Å². The first kappa shape index (κ1) is 11.9. The fourth-order valence-corrected chi connectivity index (χ4v) is 2.66. The van der Waals surface area contributed by atoms with Crippen molar-refractivity contribution in [1.82, 2.24) is 5.27 Å². The summed E-state index contributed by atoms with van der Waals surface area (Å²) >= 11 is 9.71. The monoisotopic (exact) mass is 411 g/mol. The second-order valence-electron chi connectivity index (χ2n) is 2.88. The molecular weight excluding hydrogens is 410 g/mol. The number of nitrogens with zero attached hydrogens (tertiary/aromatic N) is 2. The second kappa shape index (κ2) is 4.34. The van der Waals surface area contributed by atoms with Gasteiger partial charge in [-0.15, -0.1) is 0 Å². The molecule has 2 N–H and O–H groups in total. The molecule has 0 spiro atoms. The van der Waals surface area contributed by atoms with Crippen molar-refractivity contribution in [3.8, 4) is 11.6 Å². The molecule has 0 saturated carbocycles. The first-order valence-corrected chi connectivity index (χ1v) is 6.38. The largest absolute Gasteiger partial charge is 0.538 e. The number of nitrogens with two attached hydrogens (primary N) is 1. The van der Waals surface area contributed by atoms with Crippen LogP contribution in [-0.2, 0) is 0 Å². The van der Waals surface area contributed by atoms with Crippen LogP contribution in [0.3, 0.4) is 0 Å². The van der Waals surface area contributed by atoms with Gasteiger partial charge in [-0.25, -0.2) is 0 Å². The summed E-state index contributed by atoms with van der Waals surface area (Å²) in [4.78, 5) is 0. The topological polar surface area (TPSA) is 79.0 Å². The fourth-order valence-electron chi connectivity index (χ4n) is 1.13. The number of rotatable bonds is 1. The SMILES string of the molecule is Nc1c(Br)cc(Br)cc1-[n+]1noc([O-])c1Br. The maximum Gasteiger partial charge on any atom is 0.305 e. The minimum absolute atomic E-state index is 0.184. The summed E-state index contributed by atoms with van der Waals surface area (Å²) in [5, 5.41) is 14.7. The average Bonchev–Trinajstić information content (AvgIpc) is 2.54. The molecule has 1 aromatic carbocycles. The number of hydrogen-bond acceptors (Lipinski definition) is 4. The van der Waals surface area contributed by atoms with Gasteiger partial charge >= 0.3 is 4.60 Å². The van der Waals surface area contributed by atoms with Gasteiger partial charge in [-0.3, -0.25) is 0 Å². The molecule has 0 atom stereocenters. The van der Waals surface area contributed by atoms with Crippen molar-refractivity contribution >= 4 is 53.5 Å². The summed E-state index contributed by atoms with van der Waals surface area (Å²) in [6.45, 7) is 0. The highest BCUT2D eigenvalue weighted by Crippen LogP contribution is 2.29. The Morgan fingerprint density at radius 2 is 2.00 bits per heavy atom. The van der Waals surface area contributed by atoms with Gasteiger partial charge in [0.15, 0.2) is 5.95 Å². The van der Waals surface area contributed by atoms with Crippen LogP contribution in [0.5, 0.6) is 5.95 Å². The van der Waals surface area contributed by atoms with E-state index in [0.717, 1.165) is 4.47 Å². The highest BCUT2D eigenvalue weighted by molar-refractivity contribution is 9.11. The van der Waals surface area contributed by atoms with Crippen LogP contribution in [0, 0.1) is 0 Å². The predicted molar refractivity (Wildman–Crippen MR) is 65.0 cm³/mol. The van der Waals surface area contributed by atoms with Crippen LogP contribution in [0.4, 0.5) is 5.69 Å². The number of nitrogen functional groups attached to an aromatic ring is 1. The van der Waals surface area contributed by atoms with E-state index in [1.807, 2.05) is 0 Å². The number of halogens is 3. The van der Waals surface area contributed by atoms with Crippen LogP contribution >= 0.6 is 47.8 Å². The maximum atomic E-state index is 11.1. The Morgan fingerprint density at radius 3 is 2.56 bits per heavy atom. The van der Waals surface area contributed by atoms with E-state index in [-0.39, 0.29) is 4.60 Å². The molecule has 8 heteroatoms. The summed E-state index contributed by atoms with van der Waals surface area (Å²) in [5.74, 6) is -0.560. The normalized spacial score (nSPS) is 10.7. The standard InChI is InChI=1S/C8H4Br3N3O2/c9-3-1-4(10)6(12)5(2-3)14-7(11)8(15)16-13-14/h1-2H,(H2-,12,13,15). The summed E-state index contributed by atoms with van der Waals surface area (Å²) in [6, 6.07) is 3.53. The quantitative estimate of drug-likeness (QED) is 0.572. The molecule has 0 aliphatic heterocycles. The van der Waals surface area contributed by atoms with Gasteiger partial charge in [0.25, 0.3) is 5.69 Å². The lowest BCUT2D eigenvalue weighted by Crippen LogP contribution is -2.34. The highest BCUT2D eigenvalue weighted by Gasteiger charge is 2.22. The van der Waals surface area contributed by atoms with Crippen molar-refractivity contribution in [2.45, 2.75) is 0 Å². The molecule has 0 radical (unpaired) electrons. The number of aromatic nitrogens is 2. The minimum Gasteiger partial charge on any atom is -0.538 e. The van der Waals surface area contributed by atoms with E-state index in [9.17, 15) is 5.11 Å². The van der Waals surface area contributed by atoms with Gasteiger partial charge in [0, 0.05) is 30.9 Å². The highest BCUT2D eigenvalue weighted by atomic mass is 79.9. The molecule has 0 amide bonds. The van der Waals surface area contributed by atoms with Crippen molar-refractivity contribution in [2.75, 3.05) is 5.73 Å². The molecule has 1 aromatic heterocycles. The van der Waals surface area contributed by atoms with Crippen LogP contribution in [-0.4, -0.2) is 5.27 Å². The maximum absolute atomic E-state index is 11.1. The third kappa shape index (κ3) is 1.96. The molecule has 2 rings (SSSR count). The zero-order valence-electron chi connectivity index (χ0n) is 7.58. The molecule has 2 aromatic rings. The van der Waals surface area contributed by atoms with E-state index in [1.165, 1.54) is 4.68 Å². The summed E-state index contributed by atoms with van der Waals surface area (Å²) in [5.41, 5.74) is 6.87. The van der Waals surface area contributed by atoms with E-state index in [1.54, 1.807) is 12.1 Å². The zero-order chi connectivity index (χ0) is 11.9. The van der Waals surface area contributed by atoms with Gasteiger partial charge in [-0.2, -0.15) is 0 Å². The smallest absolute Gasteiger partial charge is 0.305 e. The van der Waals surface area contributed by atoms with Crippen LogP contribution in [0.15, 0.2) is 30.2 Å². The Hall–Kier alpha value is -0.600. The number of hydrogen-bond donors (Lipinski definition) is 1. The first-order valence-electron chi connectivity index (χ1n) is 4.00. The fraction of sp³-hybridized carbons (Fsp3) is 0. The van der Waals surface area contributed by atoms with Crippen molar-refractivity contribution in [2.24, 2.45) is 0 Å². The summed E-state index contributed by atoms with van der Waals surface area (Å²) < 4.78 is 7.48. The summed E-state index contributed by atoms with van der Waals surface area (Å²) in [7, 11) is 0. The molecule has 0 aliphatic carbocycles. The molecule has 0 fully saturated rings. The van der Waals surface area contributed by atoms with Crippen LogP contribution in [0.2, 0.25) is 0 Å². The Bertz CT molecular complexity index is 556. The molecular formula is C8H4Br3N3O2. The lowest BCUT2D eigenvalue weighted by molar-refractivity contribution is -0.680. The Kier molecular flexibility index (Phi) is 3.22. The van der Waals surface area contributed by atoms with Crippen molar-refractivity contribution in [1.29, 1.82) is 0 Å². The Balaban J connectivity index is 2.69. The molecule has 0 unspecified atom stereocenters. The molecule has 0 saturated heterocycles. The first-order chi connectivity index (χ1) is 7.50. The lowest BCUT2D eigenvalue weighted by atomic mass is 10.3. The average molecular weight is 414 g/mol. The third-order valence-electron chi connectivity index (χ3n) is 1.86. The molecule has 0 bridgehead atoms. The molecule has 0 aliphatic rings. The Morgan fingerprint density at radius 1 is 1.31 bits per heavy atom. The van der Waals surface area contributed by atoms with Gasteiger partial charge in [0.05, 0.1) is 5.27 Å². The van der Waals surface area contributed by atoms with Gasteiger partial charge < -0.3 is 15.4 Å². The molecule has 5 nitrogen and oxygen atoms in total. The zero-order valence-corrected chi connectivity index (χ0v) is 12.3. The third-order valence-corrected chi connectivity index (χ3v) is 3.63. The minimum atomic E-state index is -0.560. The number of benzene rings is 1. The second-order valence-corrected chi connectivity index (χ2v) is 5.40. The van der Waals surface area contributed by atoms with Crippen LogP contribution in [0.25, 0.3) is 5.69 Å². The van der Waals surface area contributed by atoms with Crippen LogP contribution in [0.1, 0.15) is 0 Å². The Labute approximate surface area is 116 Å². The van der Waals surface area contributed by atoms with E-state index < -0.39 is 5.95 Å². The van der Waals surface area contributed by atoms with E-state index in [4.69, 9.17) is 5.73 Å². The van der Waals surface area contributed by atoms with Gasteiger partial charge in [0.2, 0.25) is 0 Å². The predicted octanol–water partition coefficient (Wildman–Crippen LogP) is 1.89. The van der Waals surface area contributed by atoms with Crippen molar-refractivity contribution in [3.63, 3.8) is 0 Å². The molecule has 1 heterocycles. The van der Waals surface area contributed by atoms with Crippen LogP contribution < -0.4 is 15.5 Å². The van der Waals surface area contributed by atoms with Gasteiger partial charge in [-0.1, -0.05) is 15.9 Å². The summed E-state index contributed by atoms with van der Waals surface area (Å²) in [6.07, 6.45) is 0. The van der Waals surface area contributed by atoms with Gasteiger partial charge in [-0.05, 0) is 26.7 Å². The van der Waals surface area contributed by atoms with Crippen molar-refractivity contribution in [3.05, 3.63) is 25.7 Å². The van der Waals surface area contributed by atoms with Crippen molar-refractivity contribution < 1.29 is 14.3 Å². The van der Waals surface area contributed by atoms with E-state index in [0.29, 0.717) is 15.8 Å². The van der Waals surface area contributed by atoms with E-state index in [2.05, 4.69) is 57.6 Å². The number of anilines is 1. The molecule has 16 heavy (non-hydrogen) atoms. The van der Waals surface area contributed by atoms with Gasteiger partial charge in [0.1, 0.15) is 5.69 Å². The lowest BCUT2D eigenvalue weighted by Gasteiger charge is -2.00.